The van der Waals surface area contributed by atoms with Crippen LogP contribution in [-0.2, 0) is 13.8 Å². The van der Waals surface area contributed by atoms with Crippen LogP contribution in [0.4, 0.5) is 0 Å². The van der Waals surface area contributed by atoms with Gasteiger partial charge in [0.25, 0.3) is 15.0 Å². The van der Waals surface area contributed by atoms with Gasteiger partial charge in [0, 0.05) is 17.2 Å². The lowest BCUT2D eigenvalue weighted by Crippen LogP contribution is -2.37. The normalized spacial score (nSPS) is 13.0. The molecule has 7 heteroatoms. The number of hydrogen-bond donors (Lipinski definition) is 1. The van der Waals surface area contributed by atoms with E-state index in [1.165, 1.54) is 24.3 Å². The fourth-order valence-corrected chi connectivity index (χ4v) is 2.34. The first-order chi connectivity index (χ1) is 9.70. The average Bonchev–Trinajstić information content (AvgIpc) is 2.37. The van der Waals surface area contributed by atoms with Gasteiger partial charge in [-0.3, -0.25) is 4.79 Å². The Balaban J connectivity index is 2.54. The summed E-state index contributed by atoms with van der Waals surface area (Å²) in [6, 6.07) is 5.60. The fourth-order valence-electron chi connectivity index (χ4n) is 1.57. The lowest BCUT2D eigenvalue weighted by molar-refractivity contribution is -0.127. The van der Waals surface area contributed by atoms with Gasteiger partial charge >= 0.3 is 0 Å². The van der Waals surface area contributed by atoms with E-state index in [-0.39, 0.29) is 10.8 Å². The third kappa shape index (κ3) is 6.35. The number of ether oxygens (including phenoxy) is 1. The van der Waals surface area contributed by atoms with Crippen LogP contribution in [0, 0.1) is 5.92 Å². The Hall–Kier alpha value is -1.27. The molecule has 0 aliphatic carbocycles. The van der Waals surface area contributed by atoms with Crippen molar-refractivity contribution in [1.82, 2.24) is 5.32 Å². The first kappa shape index (κ1) is 17.8. The molecule has 1 N–H and O–H groups in total. The summed E-state index contributed by atoms with van der Waals surface area (Å²) in [6.45, 7) is 6.40. The maximum absolute atomic E-state index is 11.8. The van der Waals surface area contributed by atoms with E-state index < -0.39 is 15.2 Å². The molecule has 0 aromatic heterocycles. The van der Waals surface area contributed by atoms with Gasteiger partial charge in [-0.25, -0.2) is 8.42 Å². The number of rotatable bonds is 7. The van der Waals surface area contributed by atoms with Crippen LogP contribution in [0.5, 0.6) is 5.75 Å². The summed E-state index contributed by atoms with van der Waals surface area (Å²) in [6.07, 6.45) is 0.247. The molecule has 21 heavy (non-hydrogen) atoms. The van der Waals surface area contributed by atoms with Crippen molar-refractivity contribution < 1.29 is 17.9 Å². The van der Waals surface area contributed by atoms with Gasteiger partial charge in [-0.15, -0.1) is 0 Å². The van der Waals surface area contributed by atoms with Gasteiger partial charge in [0.15, 0.2) is 6.10 Å². The van der Waals surface area contributed by atoms with Crippen LogP contribution >= 0.6 is 10.7 Å². The summed E-state index contributed by atoms with van der Waals surface area (Å²) < 4.78 is 27.7. The molecule has 1 atom stereocenters. The van der Waals surface area contributed by atoms with E-state index >= 15 is 0 Å². The highest BCUT2D eigenvalue weighted by Crippen LogP contribution is 2.19. The Morgan fingerprint density at radius 1 is 1.24 bits per heavy atom. The molecule has 0 spiro atoms. The minimum Gasteiger partial charge on any atom is -0.481 e. The minimum absolute atomic E-state index is 0.00875. The lowest BCUT2D eigenvalue weighted by Gasteiger charge is -2.15. The molecule has 0 bridgehead atoms. The summed E-state index contributed by atoms with van der Waals surface area (Å²) in [5, 5.41) is 2.79. The number of carbonyl (C=O) groups is 1. The maximum atomic E-state index is 11.8. The van der Waals surface area contributed by atoms with Crippen LogP contribution in [0.1, 0.15) is 27.2 Å². The van der Waals surface area contributed by atoms with Gasteiger partial charge in [-0.05, 0) is 43.5 Å². The van der Waals surface area contributed by atoms with E-state index in [4.69, 9.17) is 15.4 Å². The molecule has 0 saturated heterocycles. The summed E-state index contributed by atoms with van der Waals surface area (Å²) >= 11 is 0. The smallest absolute Gasteiger partial charge is 0.261 e. The standard InChI is InChI=1S/C14H20ClNO4S/c1-10(2)8-9-16-14(17)11(3)20-12-4-6-13(7-5-12)21(15,18)19/h4-7,10-11H,8-9H2,1-3H3,(H,16,17). The third-order valence-electron chi connectivity index (χ3n) is 2.81. The van der Waals surface area contributed by atoms with Crippen molar-refractivity contribution in [1.29, 1.82) is 0 Å². The molecule has 1 amide bonds. The number of amides is 1. The van der Waals surface area contributed by atoms with Gasteiger partial charge < -0.3 is 10.1 Å². The number of benzene rings is 1. The highest BCUT2D eigenvalue weighted by molar-refractivity contribution is 8.13. The molecule has 0 radical (unpaired) electrons. The average molecular weight is 334 g/mol. The molecule has 1 aromatic rings. The molecule has 0 aliphatic heterocycles. The highest BCUT2D eigenvalue weighted by atomic mass is 35.7. The van der Waals surface area contributed by atoms with Crippen molar-refractivity contribution >= 4 is 25.6 Å². The highest BCUT2D eigenvalue weighted by Gasteiger charge is 2.15. The van der Waals surface area contributed by atoms with Gasteiger partial charge in [0.2, 0.25) is 0 Å². The monoisotopic (exact) mass is 333 g/mol. The van der Waals surface area contributed by atoms with E-state index in [1.807, 2.05) is 0 Å². The molecular weight excluding hydrogens is 314 g/mol. The third-order valence-corrected chi connectivity index (χ3v) is 4.18. The Labute approximate surface area is 130 Å². The van der Waals surface area contributed by atoms with Crippen molar-refractivity contribution in [2.24, 2.45) is 5.92 Å². The first-order valence-corrected chi connectivity index (χ1v) is 9.00. The molecular formula is C14H20ClNO4S. The largest absolute Gasteiger partial charge is 0.481 e. The van der Waals surface area contributed by atoms with Crippen molar-refractivity contribution in [3.05, 3.63) is 24.3 Å². The second kappa shape index (κ2) is 7.66. The Kier molecular flexibility index (Phi) is 6.48. The van der Waals surface area contributed by atoms with Crippen LogP contribution in [0.3, 0.4) is 0 Å². The van der Waals surface area contributed by atoms with E-state index in [0.29, 0.717) is 18.2 Å². The van der Waals surface area contributed by atoms with Gasteiger partial charge in [-0.2, -0.15) is 0 Å². The van der Waals surface area contributed by atoms with Crippen LogP contribution in [0.25, 0.3) is 0 Å². The summed E-state index contributed by atoms with van der Waals surface area (Å²) in [5.74, 6) is 0.724. The quantitative estimate of drug-likeness (QED) is 0.778. The van der Waals surface area contributed by atoms with Crippen molar-refractivity contribution in [3.63, 3.8) is 0 Å². The molecule has 118 valence electrons. The van der Waals surface area contributed by atoms with Gasteiger partial charge in [0.05, 0.1) is 4.90 Å². The van der Waals surface area contributed by atoms with Crippen molar-refractivity contribution in [2.45, 2.75) is 38.2 Å². The zero-order valence-electron chi connectivity index (χ0n) is 12.3. The SMILES string of the molecule is CC(C)CCNC(=O)C(C)Oc1ccc(S(=O)(=O)Cl)cc1. The topological polar surface area (TPSA) is 72.5 Å². The Morgan fingerprint density at radius 3 is 2.29 bits per heavy atom. The molecule has 5 nitrogen and oxygen atoms in total. The molecule has 1 rings (SSSR count). The Bertz CT molecular complexity index is 569. The molecule has 0 heterocycles. The van der Waals surface area contributed by atoms with Crippen LogP contribution in [0.15, 0.2) is 29.2 Å². The summed E-state index contributed by atoms with van der Waals surface area (Å²) in [7, 11) is 1.47. The zero-order chi connectivity index (χ0) is 16.0. The summed E-state index contributed by atoms with van der Waals surface area (Å²) in [5.41, 5.74) is 0. The molecule has 1 unspecified atom stereocenters. The van der Waals surface area contributed by atoms with E-state index in [0.717, 1.165) is 6.42 Å². The van der Waals surface area contributed by atoms with E-state index in [9.17, 15) is 13.2 Å². The molecule has 0 saturated carbocycles. The summed E-state index contributed by atoms with van der Waals surface area (Å²) in [4.78, 5) is 11.8. The fraction of sp³-hybridized carbons (Fsp3) is 0.500. The lowest BCUT2D eigenvalue weighted by atomic mass is 10.1. The maximum Gasteiger partial charge on any atom is 0.261 e. The van der Waals surface area contributed by atoms with Gasteiger partial charge in [-0.1, -0.05) is 13.8 Å². The predicted molar refractivity (Wildman–Crippen MR) is 82.0 cm³/mol. The second-order valence-electron chi connectivity index (χ2n) is 5.14. The predicted octanol–water partition coefficient (Wildman–Crippen LogP) is 2.54. The molecule has 0 aliphatic rings. The number of carbonyl (C=O) groups excluding carboxylic acids is 1. The van der Waals surface area contributed by atoms with E-state index in [1.54, 1.807) is 6.92 Å². The number of nitrogens with one attached hydrogen (secondary N) is 1. The molecule has 1 aromatic carbocycles. The van der Waals surface area contributed by atoms with Crippen LogP contribution < -0.4 is 10.1 Å². The number of hydrogen-bond acceptors (Lipinski definition) is 4. The molecule has 0 fully saturated rings. The Morgan fingerprint density at radius 2 is 1.81 bits per heavy atom. The second-order valence-corrected chi connectivity index (χ2v) is 7.71. The van der Waals surface area contributed by atoms with Crippen molar-refractivity contribution in [2.75, 3.05) is 6.54 Å². The first-order valence-electron chi connectivity index (χ1n) is 6.69. The van der Waals surface area contributed by atoms with Crippen LogP contribution in [-0.4, -0.2) is 27.0 Å². The van der Waals surface area contributed by atoms with Gasteiger partial charge in [0.1, 0.15) is 5.75 Å². The zero-order valence-corrected chi connectivity index (χ0v) is 13.9. The number of halogens is 1. The van der Waals surface area contributed by atoms with E-state index in [2.05, 4.69) is 19.2 Å². The van der Waals surface area contributed by atoms with Crippen molar-refractivity contribution in [3.8, 4) is 5.75 Å². The van der Waals surface area contributed by atoms with Crippen LogP contribution in [0.2, 0.25) is 0 Å². The minimum atomic E-state index is -3.75.